The van der Waals surface area contributed by atoms with Crippen molar-refractivity contribution in [3.05, 3.63) is 35.9 Å². The van der Waals surface area contributed by atoms with Crippen molar-refractivity contribution in [3.63, 3.8) is 0 Å². The molecular weight excluding hydrogens is 284 g/mol. The van der Waals surface area contributed by atoms with Crippen molar-refractivity contribution in [1.29, 1.82) is 0 Å². The van der Waals surface area contributed by atoms with Crippen molar-refractivity contribution in [2.45, 2.75) is 63.7 Å². The lowest BCUT2D eigenvalue weighted by atomic mass is 9.79. The maximum absolute atomic E-state index is 10.4. The van der Waals surface area contributed by atoms with Gasteiger partial charge >= 0.3 is 0 Å². The second kappa shape index (κ2) is 5.91. The fraction of sp³-hybridized carbons (Fsp3) is 0.647. The largest absolute Gasteiger partial charge is 0.390 e. The zero-order valence-electron chi connectivity index (χ0n) is 13.2. The third-order valence-electron chi connectivity index (χ3n) is 4.52. The number of benzene rings is 1. The Hall–Kier alpha value is -0.980. The van der Waals surface area contributed by atoms with Crippen LogP contribution in [0.15, 0.2) is 30.3 Å². The summed E-state index contributed by atoms with van der Waals surface area (Å²) in [5.74, 6) is -0.944. The molecule has 122 valence electrons. The highest BCUT2D eigenvalue weighted by molar-refractivity contribution is 5.13. The predicted octanol–water partition coefficient (Wildman–Crippen LogP) is 1.46. The number of hydrogen-bond donors (Lipinski definition) is 2. The molecule has 1 saturated carbocycles. The van der Waals surface area contributed by atoms with Gasteiger partial charge in [0.2, 0.25) is 0 Å². The predicted molar refractivity (Wildman–Crippen MR) is 80.0 cm³/mol. The van der Waals surface area contributed by atoms with E-state index in [0.29, 0.717) is 6.61 Å². The summed E-state index contributed by atoms with van der Waals surface area (Å²) < 4.78 is 17.7. The Balaban J connectivity index is 1.76. The van der Waals surface area contributed by atoms with Crippen molar-refractivity contribution in [3.8, 4) is 0 Å². The summed E-state index contributed by atoms with van der Waals surface area (Å²) >= 11 is 0. The molecular formula is C17H24O5. The van der Waals surface area contributed by atoms with Crippen molar-refractivity contribution < 1.29 is 24.4 Å². The topological polar surface area (TPSA) is 68.2 Å². The highest BCUT2D eigenvalue weighted by Gasteiger charge is 2.56. The molecule has 22 heavy (non-hydrogen) atoms. The van der Waals surface area contributed by atoms with E-state index in [4.69, 9.17) is 14.2 Å². The first-order chi connectivity index (χ1) is 10.4. The molecule has 0 amide bonds. The van der Waals surface area contributed by atoms with Crippen LogP contribution in [0.4, 0.5) is 0 Å². The third kappa shape index (κ3) is 2.92. The number of aliphatic hydroxyl groups excluding tert-OH is 2. The van der Waals surface area contributed by atoms with Gasteiger partial charge in [0.15, 0.2) is 5.79 Å². The van der Waals surface area contributed by atoms with E-state index in [1.165, 1.54) is 0 Å². The Labute approximate surface area is 130 Å². The average molecular weight is 308 g/mol. The van der Waals surface area contributed by atoms with Crippen LogP contribution in [0.25, 0.3) is 0 Å². The molecule has 0 unspecified atom stereocenters. The van der Waals surface area contributed by atoms with Crippen LogP contribution < -0.4 is 0 Å². The van der Waals surface area contributed by atoms with Crippen molar-refractivity contribution >= 4 is 0 Å². The molecule has 6 atom stereocenters. The van der Waals surface area contributed by atoms with Gasteiger partial charge in [0.05, 0.1) is 18.8 Å². The quantitative estimate of drug-likeness (QED) is 0.885. The Morgan fingerprint density at radius 1 is 1.05 bits per heavy atom. The Kier molecular flexibility index (Phi) is 4.27. The van der Waals surface area contributed by atoms with Crippen LogP contribution in [0.3, 0.4) is 0 Å². The molecule has 1 aromatic rings. The van der Waals surface area contributed by atoms with Gasteiger partial charge in [0.1, 0.15) is 18.3 Å². The standard InChI is InChI=1S/C17H24O5/c1-10-12(18)13(19)15(16-14(10)21-17(2,3)22-16)20-9-11-7-5-4-6-8-11/h4-8,10,12-16,18-19H,9H2,1-3H3/t10-,12-,13+,14+,15-,16+/m0/s1. The lowest BCUT2D eigenvalue weighted by Crippen LogP contribution is -2.60. The number of ether oxygens (including phenoxy) is 3. The minimum absolute atomic E-state index is 0.210. The van der Waals surface area contributed by atoms with Crippen LogP contribution in [0.2, 0.25) is 0 Å². The molecule has 0 radical (unpaired) electrons. The van der Waals surface area contributed by atoms with Crippen LogP contribution in [-0.4, -0.2) is 46.5 Å². The average Bonchev–Trinajstić information content (AvgIpc) is 2.82. The van der Waals surface area contributed by atoms with E-state index >= 15 is 0 Å². The van der Waals surface area contributed by atoms with Crippen LogP contribution in [0.1, 0.15) is 26.3 Å². The molecule has 1 heterocycles. The fourth-order valence-electron chi connectivity index (χ4n) is 3.33. The second-order valence-corrected chi connectivity index (χ2v) is 6.67. The number of aliphatic hydroxyl groups is 2. The van der Waals surface area contributed by atoms with Gasteiger partial charge in [-0.3, -0.25) is 0 Å². The molecule has 1 aromatic carbocycles. The van der Waals surface area contributed by atoms with Crippen molar-refractivity contribution in [1.82, 2.24) is 0 Å². The van der Waals surface area contributed by atoms with Gasteiger partial charge in [-0.1, -0.05) is 37.3 Å². The van der Waals surface area contributed by atoms with Gasteiger partial charge in [-0.15, -0.1) is 0 Å². The summed E-state index contributed by atoms with van der Waals surface area (Å²) in [6.45, 7) is 5.90. The molecule has 0 bridgehead atoms. The molecule has 2 N–H and O–H groups in total. The van der Waals surface area contributed by atoms with E-state index in [9.17, 15) is 10.2 Å². The second-order valence-electron chi connectivity index (χ2n) is 6.67. The van der Waals surface area contributed by atoms with Crippen molar-refractivity contribution in [2.75, 3.05) is 0 Å². The summed E-state index contributed by atoms with van der Waals surface area (Å²) in [7, 11) is 0. The smallest absolute Gasteiger partial charge is 0.163 e. The summed E-state index contributed by atoms with van der Waals surface area (Å²) in [4.78, 5) is 0. The highest BCUT2D eigenvalue weighted by atomic mass is 16.8. The van der Waals surface area contributed by atoms with Gasteiger partial charge < -0.3 is 24.4 Å². The SMILES string of the molecule is C[C@H]1[C@H](O)[C@@H](O)[C@H](OCc2ccccc2)[C@@H]2OC(C)(C)O[C@H]12. The molecule has 1 aliphatic carbocycles. The third-order valence-corrected chi connectivity index (χ3v) is 4.52. The molecule has 0 spiro atoms. The fourth-order valence-corrected chi connectivity index (χ4v) is 3.33. The minimum atomic E-state index is -0.988. The molecule has 3 rings (SSSR count). The molecule has 2 fully saturated rings. The Bertz CT molecular complexity index is 503. The van der Waals surface area contributed by atoms with E-state index < -0.39 is 24.1 Å². The lowest BCUT2D eigenvalue weighted by molar-refractivity contribution is -0.193. The first-order valence-electron chi connectivity index (χ1n) is 7.76. The monoisotopic (exact) mass is 308 g/mol. The molecule has 0 aromatic heterocycles. The van der Waals surface area contributed by atoms with Crippen LogP contribution in [0, 0.1) is 5.92 Å². The van der Waals surface area contributed by atoms with Gasteiger partial charge in [0.25, 0.3) is 0 Å². The Morgan fingerprint density at radius 3 is 2.36 bits per heavy atom. The summed E-state index contributed by atoms with van der Waals surface area (Å²) in [6, 6.07) is 9.74. The molecule has 1 saturated heterocycles. The first-order valence-corrected chi connectivity index (χ1v) is 7.76. The zero-order valence-corrected chi connectivity index (χ0v) is 13.2. The van der Waals surface area contributed by atoms with Crippen LogP contribution in [-0.2, 0) is 20.8 Å². The summed E-state index contributed by atoms with van der Waals surface area (Å²) in [5.41, 5.74) is 1.01. The molecule has 1 aliphatic heterocycles. The van der Waals surface area contributed by atoms with Crippen LogP contribution >= 0.6 is 0 Å². The number of fused-ring (bicyclic) bond motifs is 1. The maximum atomic E-state index is 10.4. The van der Waals surface area contributed by atoms with Crippen molar-refractivity contribution in [2.24, 2.45) is 5.92 Å². The summed E-state index contributed by atoms with van der Waals surface area (Å²) in [5, 5.41) is 20.7. The zero-order chi connectivity index (χ0) is 15.9. The van der Waals surface area contributed by atoms with Gasteiger partial charge in [-0.05, 0) is 19.4 Å². The lowest BCUT2D eigenvalue weighted by Gasteiger charge is -2.42. The maximum Gasteiger partial charge on any atom is 0.163 e. The normalized spacial score (nSPS) is 40.4. The highest BCUT2D eigenvalue weighted by Crippen LogP contribution is 2.41. The van der Waals surface area contributed by atoms with Crippen LogP contribution in [0.5, 0.6) is 0 Å². The van der Waals surface area contributed by atoms with E-state index in [0.717, 1.165) is 5.56 Å². The number of rotatable bonds is 3. The molecule has 5 nitrogen and oxygen atoms in total. The van der Waals surface area contributed by atoms with E-state index in [1.807, 2.05) is 51.1 Å². The number of hydrogen-bond acceptors (Lipinski definition) is 5. The van der Waals surface area contributed by atoms with Gasteiger partial charge in [0, 0.05) is 5.92 Å². The van der Waals surface area contributed by atoms with Gasteiger partial charge in [-0.25, -0.2) is 0 Å². The van der Waals surface area contributed by atoms with Gasteiger partial charge in [-0.2, -0.15) is 0 Å². The first kappa shape index (κ1) is 15.9. The minimum Gasteiger partial charge on any atom is -0.390 e. The van der Waals surface area contributed by atoms with E-state index in [2.05, 4.69) is 0 Å². The summed E-state index contributed by atoms with van der Waals surface area (Å²) in [6.07, 6.45) is -3.16. The molecule has 5 heteroatoms. The Morgan fingerprint density at radius 2 is 1.68 bits per heavy atom. The van der Waals surface area contributed by atoms with E-state index in [1.54, 1.807) is 0 Å². The molecule has 2 aliphatic rings. The van der Waals surface area contributed by atoms with E-state index in [-0.39, 0.29) is 18.1 Å².